The molecule has 0 heterocycles. The molecule has 35 heavy (non-hydrogen) atoms. The van der Waals surface area contributed by atoms with Crippen molar-refractivity contribution < 1.29 is 23.8 Å². The van der Waals surface area contributed by atoms with Crippen LogP contribution in [0.25, 0.3) is 0 Å². The fourth-order valence-electron chi connectivity index (χ4n) is 2.95. The van der Waals surface area contributed by atoms with Gasteiger partial charge in [0.05, 0.1) is 23.9 Å². The van der Waals surface area contributed by atoms with Gasteiger partial charge in [-0.1, -0.05) is 47.5 Å². The Bertz CT molecular complexity index is 1260. The largest absolute Gasteiger partial charge is 0.493 e. The van der Waals surface area contributed by atoms with Crippen molar-refractivity contribution in [1.82, 2.24) is 5.43 Å². The van der Waals surface area contributed by atoms with E-state index in [0.29, 0.717) is 28.5 Å². The average molecular weight is 513 g/mol. The third-order valence-electron chi connectivity index (χ3n) is 4.59. The van der Waals surface area contributed by atoms with Gasteiger partial charge in [-0.15, -0.1) is 6.58 Å². The summed E-state index contributed by atoms with van der Waals surface area (Å²) >= 11 is 11.9. The van der Waals surface area contributed by atoms with E-state index in [1.807, 2.05) is 12.1 Å². The first kappa shape index (κ1) is 25.8. The molecular formula is C26H22Cl2N2O5. The topological polar surface area (TPSA) is 86.2 Å². The van der Waals surface area contributed by atoms with E-state index in [1.165, 1.54) is 25.5 Å². The van der Waals surface area contributed by atoms with Crippen LogP contribution >= 0.6 is 23.2 Å². The van der Waals surface area contributed by atoms with Gasteiger partial charge in [-0.25, -0.2) is 10.2 Å². The molecule has 180 valence electrons. The summed E-state index contributed by atoms with van der Waals surface area (Å²) < 4.78 is 16.2. The predicted molar refractivity (Wildman–Crippen MR) is 136 cm³/mol. The van der Waals surface area contributed by atoms with Crippen molar-refractivity contribution in [2.24, 2.45) is 5.10 Å². The molecule has 7 nitrogen and oxygen atoms in total. The maximum absolute atomic E-state index is 12.4. The lowest BCUT2D eigenvalue weighted by molar-refractivity contribution is -0.123. The Morgan fingerprint density at radius 2 is 1.89 bits per heavy atom. The predicted octanol–water partition coefficient (Wildman–Crippen LogP) is 5.48. The Morgan fingerprint density at radius 3 is 2.63 bits per heavy atom. The van der Waals surface area contributed by atoms with Crippen molar-refractivity contribution in [1.29, 1.82) is 0 Å². The van der Waals surface area contributed by atoms with Crippen molar-refractivity contribution in [3.05, 3.63) is 100 Å². The zero-order valence-electron chi connectivity index (χ0n) is 18.8. The van der Waals surface area contributed by atoms with Crippen LogP contribution in [0.2, 0.25) is 10.0 Å². The molecule has 0 radical (unpaired) electrons. The average Bonchev–Trinajstić information content (AvgIpc) is 2.83. The SMILES string of the molecule is C=CCc1ccc(OCC(=O)N/N=C/c2cccc(OC(=O)c3ccc(Cl)cc3Cl)c2)c(OC)c1. The maximum atomic E-state index is 12.4. The number of ether oxygens (including phenoxy) is 3. The first-order valence-corrected chi connectivity index (χ1v) is 11.1. The Morgan fingerprint density at radius 1 is 1.06 bits per heavy atom. The minimum Gasteiger partial charge on any atom is -0.493 e. The Balaban J connectivity index is 1.54. The quantitative estimate of drug-likeness (QED) is 0.128. The van der Waals surface area contributed by atoms with Crippen molar-refractivity contribution in [2.45, 2.75) is 6.42 Å². The lowest BCUT2D eigenvalue weighted by Crippen LogP contribution is -2.24. The molecule has 0 aliphatic heterocycles. The van der Waals surface area contributed by atoms with E-state index in [4.69, 9.17) is 37.4 Å². The smallest absolute Gasteiger partial charge is 0.345 e. The van der Waals surface area contributed by atoms with Gasteiger partial charge in [-0.05, 0) is 60.0 Å². The summed E-state index contributed by atoms with van der Waals surface area (Å²) in [6.45, 7) is 3.45. The molecule has 0 spiro atoms. The molecule has 1 amide bonds. The van der Waals surface area contributed by atoms with Crippen LogP contribution in [-0.4, -0.2) is 31.8 Å². The summed E-state index contributed by atoms with van der Waals surface area (Å²) in [4.78, 5) is 24.5. The highest BCUT2D eigenvalue weighted by atomic mass is 35.5. The van der Waals surface area contributed by atoms with Gasteiger partial charge in [0.15, 0.2) is 18.1 Å². The molecular weight excluding hydrogens is 491 g/mol. The van der Waals surface area contributed by atoms with Crippen molar-refractivity contribution in [3.63, 3.8) is 0 Å². The van der Waals surface area contributed by atoms with E-state index in [2.05, 4.69) is 17.1 Å². The number of rotatable bonds is 10. The van der Waals surface area contributed by atoms with Gasteiger partial charge in [0.25, 0.3) is 5.91 Å². The zero-order valence-corrected chi connectivity index (χ0v) is 20.3. The number of allylic oxidation sites excluding steroid dienone is 1. The van der Waals surface area contributed by atoms with Crippen LogP contribution in [0.15, 0.2) is 78.4 Å². The number of nitrogens with one attached hydrogen (secondary N) is 1. The molecule has 0 saturated heterocycles. The van der Waals surface area contributed by atoms with Gasteiger partial charge in [-0.2, -0.15) is 5.10 Å². The van der Waals surface area contributed by atoms with Crippen molar-refractivity contribution in [2.75, 3.05) is 13.7 Å². The summed E-state index contributed by atoms with van der Waals surface area (Å²) in [6, 6.07) is 16.5. The van der Waals surface area contributed by atoms with Gasteiger partial charge in [-0.3, -0.25) is 4.79 Å². The number of carbonyl (C=O) groups is 2. The lowest BCUT2D eigenvalue weighted by atomic mass is 10.1. The lowest BCUT2D eigenvalue weighted by Gasteiger charge is -2.11. The van der Waals surface area contributed by atoms with Crippen molar-refractivity contribution >= 4 is 41.3 Å². The summed E-state index contributed by atoms with van der Waals surface area (Å²) in [5, 5.41) is 4.52. The normalized spacial score (nSPS) is 10.6. The van der Waals surface area contributed by atoms with Crippen LogP contribution in [0.3, 0.4) is 0 Å². The number of halogens is 2. The number of nitrogens with zero attached hydrogens (tertiary/aromatic N) is 1. The Labute approximate surface area is 212 Å². The fourth-order valence-corrected chi connectivity index (χ4v) is 3.44. The summed E-state index contributed by atoms with van der Waals surface area (Å²) in [5.41, 5.74) is 4.18. The van der Waals surface area contributed by atoms with Gasteiger partial charge < -0.3 is 14.2 Å². The Kier molecular flexibility index (Phi) is 9.29. The van der Waals surface area contributed by atoms with Gasteiger partial charge in [0.2, 0.25) is 0 Å². The number of carbonyl (C=O) groups excluding carboxylic acids is 2. The zero-order chi connectivity index (χ0) is 25.2. The third-order valence-corrected chi connectivity index (χ3v) is 5.14. The summed E-state index contributed by atoms with van der Waals surface area (Å²) in [6.07, 6.45) is 3.89. The molecule has 0 atom stereocenters. The molecule has 0 aliphatic rings. The monoisotopic (exact) mass is 512 g/mol. The van der Waals surface area contributed by atoms with E-state index in [9.17, 15) is 9.59 Å². The van der Waals surface area contributed by atoms with E-state index in [-0.39, 0.29) is 22.9 Å². The first-order valence-electron chi connectivity index (χ1n) is 10.4. The minimum atomic E-state index is -0.626. The highest BCUT2D eigenvalue weighted by Crippen LogP contribution is 2.28. The van der Waals surface area contributed by atoms with Crippen molar-refractivity contribution in [3.8, 4) is 17.2 Å². The molecule has 9 heteroatoms. The molecule has 3 rings (SSSR count). The number of hydrogen-bond donors (Lipinski definition) is 1. The van der Waals surface area contributed by atoms with Crippen LogP contribution in [0, 0.1) is 0 Å². The van der Waals surface area contributed by atoms with Crippen LogP contribution in [0.4, 0.5) is 0 Å². The second kappa shape index (κ2) is 12.6. The highest BCUT2D eigenvalue weighted by Gasteiger charge is 2.13. The molecule has 0 aliphatic carbocycles. The molecule has 0 fully saturated rings. The molecule has 0 bridgehead atoms. The second-order valence-electron chi connectivity index (χ2n) is 7.15. The molecule has 3 aromatic carbocycles. The number of methoxy groups -OCH3 is 1. The standard InChI is InChI=1S/C26H22Cl2N2O5/c1-3-5-17-8-11-23(24(13-17)33-2)34-16-25(31)30-29-15-18-6-4-7-20(12-18)35-26(32)21-10-9-19(27)14-22(21)28/h3-4,6-15H,1,5,16H2,2H3,(H,30,31)/b29-15+. The van der Waals surface area contributed by atoms with Crippen LogP contribution in [0.5, 0.6) is 17.2 Å². The van der Waals surface area contributed by atoms with E-state index >= 15 is 0 Å². The van der Waals surface area contributed by atoms with Crippen LogP contribution in [-0.2, 0) is 11.2 Å². The maximum Gasteiger partial charge on any atom is 0.345 e. The first-order chi connectivity index (χ1) is 16.9. The number of amides is 1. The molecule has 0 saturated carbocycles. The summed E-state index contributed by atoms with van der Waals surface area (Å²) in [7, 11) is 1.53. The molecule has 3 aromatic rings. The highest BCUT2D eigenvalue weighted by molar-refractivity contribution is 6.36. The van der Waals surface area contributed by atoms with Gasteiger partial charge in [0, 0.05) is 5.02 Å². The number of hydrazone groups is 1. The number of esters is 1. The molecule has 0 unspecified atom stereocenters. The second-order valence-corrected chi connectivity index (χ2v) is 7.99. The van der Waals surface area contributed by atoms with Crippen LogP contribution < -0.4 is 19.6 Å². The van der Waals surface area contributed by atoms with E-state index in [1.54, 1.807) is 42.5 Å². The Hall–Kier alpha value is -3.81. The minimum absolute atomic E-state index is 0.189. The van der Waals surface area contributed by atoms with Gasteiger partial charge >= 0.3 is 5.97 Å². The van der Waals surface area contributed by atoms with Gasteiger partial charge in [0.1, 0.15) is 5.75 Å². The fraction of sp³-hybridized carbons (Fsp3) is 0.115. The summed E-state index contributed by atoms with van der Waals surface area (Å²) in [5.74, 6) is 0.158. The number of hydrogen-bond acceptors (Lipinski definition) is 6. The molecule has 1 N–H and O–H groups in total. The number of benzene rings is 3. The van der Waals surface area contributed by atoms with E-state index in [0.717, 1.165) is 5.56 Å². The third kappa shape index (κ3) is 7.60. The van der Waals surface area contributed by atoms with E-state index < -0.39 is 11.9 Å². The van der Waals surface area contributed by atoms with Crippen LogP contribution in [0.1, 0.15) is 21.5 Å². The molecule has 0 aromatic heterocycles.